The van der Waals surface area contributed by atoms with Crippen molar-refractivity contribution in [2.24, 2.45) is 0 Å². The average molecular weight is 485 g/mol. The maximum absolute atomic E-state index is 13.3. The molecule has 0 bridgehead atoms. The first-order valence-electron chi connectivity index (χ1n) is 10.0. The molecule has 2 heterocycles. The van der Waals surface area contributed by atoms with E-state index in [2.05, 4.69) is 10.1 Å². The number of hydrogen-bond acceptors (Lipinski definition) is 6. The number of imide groups is 1. The van der Waals surface area contributed by atoms with Crippen LogP contribution in [0, 0.1) is 5.82 Å². The lowest BCUT2D eigenvalue weighted by atomic mass is 10.1. The standard InChI is InChI=1S/C24H18ClFN2O6/c1-32-23(30)21-8-6-17(34-21)12-28-22(29)19(27-24(28)31)11-14-5-7-20(18(25)10-14)33-13-15-3-2-4-16(26)9-15/h2-11H,12-13H2,1H3,(H,27,31)/b19-11-. The first kappa shape index (κ1) is 23.1. The van der Waals surface area contributed by atoms with E-state index >= 15 is 0 Å². The molecule has 4 rings (SSSR count). The van der Waals surface area contributed by atoms with Gasteiger partial charge in [0.15, 0.2) is 0 Å². The second kappa shape index (κ2) is 9.80. The third-order valence-corrected chi connectivity index (χ3v) is 5.17. The Kier molecular flexibility index (Phi) is 6.65. The van der Waals surface area contributed by atoms with Crippen molar-refractivity contribution in [2.45, 2.75) is 13.2 Å². The number of rotatable bonds is 7. The highest BCUT2D eigenvalue weighted by atomic mass is 35.5. The lowest BCUT2D eigenvalue weighted by molar-refractivity contribution is -0.123. The van der Waals surface area contributed by atoms with Gasteiger partial charge in [0.05, 0.1) is 18.7 Å². The third kappa shape index (κ3) is 5.10. The van der Waals surface area contributed by atoms with Gasteiger partial charge in [-0.15, -0.1) is 0 Å². The predicted octanol–water partition coefficient (Wildman–Crippen LogP) is 4.53. The summed E-state index contributed by atoms with van der Waals surface area (Å²) in [6, 6.07) is 13.1. The summed E-state index contributed by atoms with van der Waals surface area (Å²) in [6.45, 7) is -0.0293. The van der Waals surface area contributed by atoms with Gasteiger partial charge >= 0.3 is 12.0 Å². The third-order valence-electron chi connectivity index (χ3n) is 4.87. The molecule has 1 N–H and O–H groups in total. The highest BCUT2D eigenvalue weighted by Gasteiger charge is 2.34. The highest BCUT2D eigenvalue weighted by Crippen LogP contribution is 2.28. The van der Waals surface area contributed by atoms with Crippen LogP contribution in [0.3, 0.4) is 0 Å². The average Bonchev–Trinajstić information content (AvgIpc) is 3.38. The van der Waals surface area contributed by atoms with Crippen molar-refractivity contribution >= 4 is 35.6 Å². The number of esters is 1. The summed E-state index contributed by atoms with van der Waals surface area (Å²) in [5.74, 6) is -0.992. The Bertz CT molecular complexity index is 1300. The molecule has 2 aromatic carbocycles. The Morgan fingerprint density at radius 1 is 1.18 bits per heavy atom. The predicted molar refractivity (Wildman–Crippen MR) is 119 cm³/mol. The van der Waals surface area contributed by atoms with Crippen LogP contribution in [0.5, 0.6) is 5.75 Å². The fraction of sp³-hybridized carbons (Fsp3) is 0.125. The number of nitrogens with zero attached hydrogens (tertiary/aromatic N) is 1. The van der Waals surface area contributed by atoms with E-state index in [9.17, 15) is 18.8 Å². The van der Waals surface area contributed by atoms with Gasteiger partial charge in [0.1, 0.15) is 29.6 Å². The van der Waals surface area contributed by atoms with Gasteiger partial charge in [0, 0.05) is 0 Å². The first-order chi connectivity index (χ1) is 16.3. The Hall–Kier alpha value is -4.11. The molecule has 0 spiro atoms. The SMILES string of the molecule is COC(=O)c1ccc(CN2C(=O)N/C(=C\c3ccc(OCc4cccc(F)c4)c(Cl)c3)C2=O)o1. The van der Waals surface area contributed by atoms with E-state index in [-0.39, 0.29) is 41.2 Å². The molecule has 1 fully saturated rings. The normalized spacial score (nSPS) is 14.4. The smallest absolute Gasteiger partial charge is 0.373 e. The molecular formula is C24H18ClFN2O6. The summed E-state index contributed by atoms with van der Waals surface area (Å²) in [4.78, 5) is 37.5. The van der Waals surface area contributed by atoms with Crippen LogP contribution in [0.15, 0.2) is 64.7 Å². The molecule has 0 unspecified atom stereocenters. The number of methoxy groups -OCH3 is 1. The Morgan fingerprint density at radius 3 is 2.74 bits per heavy atom. The van der Waals surface area contributed by atoms with Gasteiger partial charge in [0.2, 0.25) is 5.76 Å². The minimum atomic E-state index is -0.663. The van der Waals surface area contributed by atoms with Gasteiger partial charge in [-0.2, -0.15) is 0 Å². The molecule has 1 aromatic heterocycles. The number of amides is 3. The van der Waals surface area contributed by atoms with Crippen molar-refractivity contribution in [1.82, 2.24) is 10.2 Å². The molecule has 1 aliphatic rings. The fourth-order valence-corrected chi connectivity index (χ4v) is 3.47. The molecule has 1 saturated heterocycles. The zero-order chi connectivity index (χ0) is 24.2. The number of nitrogens with one attached hydrogen (secondary N) is 1. The van der Waals surface area contributed by atoms with Gasteiger partial charge in [-0.25, -0.2) is 14.0 Å². The molecule has 8 nitrogen and oxygen atoms in total. The zero-order valence-corrected chi connectivity index (χ0v) is 18.6. The second-order valence-electron chi connectivity index (χ2n) is 7.25. The van der Waals surface area contributed by atoms with E-state index < -0.39 is 17.9 Å². The number of urea groups is 1. The maximum atomic E-state index is 13.3. The van der Waals surface area contributed by atoms with Crippen molar-refractivity contribution in [3.8, 4) is 5.75 Å². The molecule has 10 heteroatoms. The summed E-state index contributed by atoms with van der Waals surface area (Å²) in [6.07, 6.45) is 1.48. The molecule has 0 radical (unpaired) electrons. The van der Waals surface area contributed by atoms with Crippen LogP contribution in [0.1, 0.15) is 27.4 Å². The van der Waals surface area contributed by atoms with E-state index in [1.807, 2.05) is 0 Å². The summed E-state index contributed by atoms with van der Waals surface area (Å²) in [7, 11) is 1.22. The van der Waals surface area contributed by atoms with Crippen LogP contribution in [-0.2, 0) is 22.7 Å². The van der Waals surface area contributed by atoms with Crippen LogP contribution < -0.4 is 10.1 Å². The highest BCUT2D eigenvalue weighted by molar-refractivity contribution is 6.32. The van der Waals surface area contributed by atoms with E-state index in [1.54, 1.807) is 30.3 Å². The number of ether oxygens (including phenoxy) is 2. The molecule has 34 heavy (non-hydrogen) atoms. The minimum Gasteiger partial charge on any atom is -0.487 e. The number of halogens is 2. The van der Waals surface area contributed by atoms with E-state index in [1.165, 1.54) is 37.5 Å². The largest absolute Gasteiger partial charge is 0.487 e. The molecule has 3 aromatic rings. The molecule has 174 valence electrons. The molecular weight excluding hydrogens is 467 g/mol. The van der Waals surface area contributed by atoms with Gasteiger partial charge in [0.25, 0.3) is 5.91 Å². The summed E-state index contributed by atoms with van der Waals surface area (Å²) >= 11 is 6.29. The van der Waals surface area contributed by atoms with Crippen molar-refractivity contribution in [3.05, 3.63) is 93.8 Å². The van der Waals surface area contributed by atoms with Crippen molar-refractivity contribution in [1.29, 1.82) is 0 Å². The number of hydrogen-bond donors (Lipinski definition) is 1. The quantitative estimate of drug-likeness (QED) is 0.300. The van der Waals surface area contributed by atoms with Gasteiger partial charge in [-0.3, -0.25) is 9.69 Å². The van der Waals surface area contributed by atoms with Crippen LogP contribution >= 0.6 is 11.6 Å². The minimum absolute atomic E-state index is 0.0327. The molecule has 0 aliphatic carbocycles. The van der Waals surface area contributed by atoms with Crippen LogP contribution in [0.2, 0.25) is 5.02 Å². The second-order valence-corrected chi connectivity index (χ2v) is 7.65. The molecule has 0 saturated carbocycles. The molecule has 3 amide bonds. The zero-order valence-electron chi connectivity index (χ0n) is 17.8. The summed E-state index contributed by atoms with van der Waals surface area (Å²) in [5, 5.41) is 2.79. The summed E-state index contributed by atoms with van der Waals surface area (Å²) < 4.78 is 28.8. The van der Waals surface area contributed by atoms with Crippen LogP contribution in [0.25, 0.3) is 6.08 Å². The summed E-state index contributed by atoms with van der Waals surface area (Å²) in [5.41, 5.74) is 1.26. The van der Waals surface area contributed by atoms with Crippen LogP contribution in [0.4, 0.5) is 9.18 Å². The lowest BCUT2D eigenvalue weighted by Crippen LogP contribution is -2.30. The maximum Gasteiger partial charge on any atom is 0.373 e. The molecule has 1 aliphatic heterocycles. The van der Waals surface area contributed by atoms with E-state index in [4.69, 9.17) is 20.8 Å². The fourth-order valence-electron chi connectivity index (χ4n) is 3.22. The van der Waals surface area contributed by atoms with Crippen molar-refractivity contribution in [2.75, 3.05) is 7.11 Å². The lowest BCUT2D eigenvalue weighted by Gasteiger charge is -2.09. The number of furan rings is 1. The Balaban J connectivity index is 1.43. The Morgan fingerprint density at radius 2 is 2.00 bits per heavy atom. The number of benzene rings is 2. The first-order valence-corrected chi connectivity index (χ1v) is 10.4. The topological polar surface area (TPSA) is 98.1 Å². The van der Waals surface area contributed by atoms with Gasteiger partial charge < -0.3 is 19.2 Å². The number of carbonyl (C=O) groups is 3. The van der Waals surface area contributed by atoms with Gasteiger partial charge in [-0.05, 0) is 53.6 Å². The van der Waals surface area contributed by atoms with E-state index in [0.717, 1.165) is 4.90 Å². The van der Waals surface area contributed by atoms with Crippen molar-refractivity contribution in [3.63, 3.8) is 0 Å². The number of carbonyl (C=O) groups excluding carboxylic acids is 3. The van der Waals surface area contributed by atoms with Crippen LogP contribution in [-0.4, -0.2) is 29.9 Å². The monoisotopic (exact) mass is 484 g/mol. The van der Waals surface area contributed by atoms with Gasteiger partial charge in [-0.1, -0.05) is 29.8 Å². The molecule has 0 atom stereocenters. The van der Waals surface area contributed by atoms with E-state index in [0.29, 0.717) is 16.9 Å². The Labute approximate surface area is 198 Å². The van der Waals surface area contributed by atoms with Crippen molar-refractivity contribution < 1.29 is 32.7 Å².